The Morgan fingerprint density at radius 2 is 2.18 bits per heavy atom. The summed E-state index contributed by atoms with van der Waals surface area (Å²) in [5.41, 5.74) is 1.93. The van der Waals surface area contributed by atoms with Crippen molar-refractivity contribution in [2.75, 3.05) is 30.5 Å². The number of benzene rings is 1. The van der Waals surface area contributed by atoms with Gasteiger partial charge < -0.3 is 24.2 Å². The van der Waals surface area contributed by atoms with Crippen LogP contribution in [0.1, 0.15) is 36.9 Å². The highest BCUT2D eigenvalue weighted by Crippen LogP contribution is 2.41. The van der Waals surface area contributed by atoms with Crippen molar-refractivity contribution in [1.82, 2.24) is 15.5 Å². The lowest BCUT2D eigenvalue weighted by atomic mass is 10.00. The van der Waals surface area contributed by atoms with Gasteiger partial charge in [-0.05, 0) is 32.4 Å². The summed E-state index contributed by atoms with van der Waals surface area (Å²) in [6.07, 6.45) is 1.60. The Labute approximate surface area is 196 Å². The van der Waals surface area contributed by atoms with E-state index in [9.17, 15) is 4.79 Å². The van der Waals surface area contributed by atoms with Crippen LogP contribution < -0.4 is 20.3 Å². The molecule has 3 atom stereocenters. The molecule has 1 saturated heterocycles. The summed E-state index contributed by atoms with van der Waals surface area (Å²) >= 11 is 1.51. The molecule has 2 aliphatic rings. The fourth-order valence-corrected chi connectivity index (χ4v) is 5.51. The molecule has 0 radical (unpaired) electrons. The number of hydrogen-bond donors (Lipinski definition) is 2. The molecule has 9 nitrogen and oxygen atoms in total. The molecule has 10 heteroatoms. The molecule has 5 rings (SSSR count). The van der Waals surface area contributed by atoms with Crippen LogP contribution in [-0.4, -0.2) is 48.6 Å². The molecule has 33 heavy (non-hydrogen) atoms. The van der Waals surface area contributed by atoms with Crippen LogP contribution in [0.25, 0.3) is 11.3 Å². The number of thiazole rings is 1. The SMILES string of the molecule is COc1cccc(-c2cc(N3[C@H](C)Cc4nc(NC(=O)N[C@@H]5CCOC5)sc4[C@@H]3C)no2)c1. The lowest BCUT2D eigenvalue weighted by Gasteiger charge is -2.37. The first-order chi connectivity index (χ1) is 16.0. The third-order valence-corrected chi connectivity index (χ3v) is 7.27. The van der Waals surface area contributed by atoms with Crippen molar-refractivity contribution in [1.29, 1.82) is 0 Å². The fraction of sp³-hybridized carbons (Fsp3) is 0.435. The minimum absolute atomic E-state index is 0.0475. The molecule has 1 aromatic carbocycles. The van der Waals surface area contributed by atoms with E-state index in [2.05, 4.69) is 34.5 Å². The van der Waals surface area contributed by atoms with E-state index < -0.39 is 0 Å². The lowest BCUT2D eigenvalue weighted by Crippen LogP contribution is -2.40. The first-order valence-corrected chi connectivity index (χ1v) is 11.9. The summed E-state index contributed by atoms with van der Waals surface area (Å²) in [6, 6.07) is 9.72. The highest BCUT2D eigenvalue weighted by atomic mass is 32.1. The Bertz CT molecular complexity index is 1140. The van der Waals surface area contributed by atoms with Crippen LogP contribution in [0.2, 0.25) is 0 Å². The van der Waals surface area contributed by atoms with Crippen molar-refractivity contribution in [2.24, 2.45) is 0 Å². The number of ether oxygens (including phenoxy) is 2. The number of amides is 2. The fourth-order valence-electron chi connectivity index (χ4n) is 4.47. The summed E-state index contributed by atoms with van der Waals surface area (Å²) in [5.74, 6) is 2.23. The van der Waals surface area contributed by atoms with Gasteiger partial charge in [0, 0.05) is 30.7 Å². The Kier molecular flexibility index (Phi) is 5.94. The van der Waals surface area contributed by atoms with E-state index in [4.69, 9.17) is 19.0 Å². The van der Waals surface area contributed by atoms with Gasteiger partial charge in [-0.3, -0.25) is 5.32 Å². The van der Waals surface area contributed by atoms with Crippen LogP contribution in [0.3, 0.4) is 0 Å². The Hall–Kier alpha value is -3.11. The average molecular weight is 470 g/mol. The summed E-state index contributed by atoms with van der Waals surface area (Å²) in [6.45, 7) is 5.52. The summed E-state index contributed by atoms with van der Waals surface area (Å²) in [7, 11) is 1.64. The Morgan fingerprint density at radius 3 is 2.97 bits per heavy atom. The van der Waals surface area contributed by atoms with Gasteiger partial charge in [0.2, 0.25) is 0 Å². The molecule has 174 valence electrons. The molecule has 0 aliphatic carbocycles. The van der Waals surface area contributed by atoms with Crippen molar-refractivity contribution in [3.63, 3.8) is 0 Å². The highest BCUT2D eigenvalue weighted by molar-refractivity contribution is 7.16. The summed E-state index contributed by atoms with van der Waals surface area (Å²) < 4.78 is 16.3. The molecule has 0 bridgehead atoms. The zero-order valence-electron chi connectivity index (χ0n) is 18.8. The van der Waals surface area contributed by atoms with E-state index in [-0.39, 0.29) is 24.2 Å². The zero-order chi connectivity index (χ0) is 22.9. The van der Waals surface area contributed by atoms with Crippen molar-refractivity contribution in [2.45, 2.75) is 44.8 Å². The Morgan fingerprint density at radius 1 is 1.30 bits per heavy atom. The van der Waals surface area contributed by atoms with Crippen LogP contribution in [0.5, 0.6) is 5.75 Å². The topological polar surface area (TPSA) is 102 Å². The highest BCUT2D eigenvalue weighted by Gasteiger charge is 2.34. The quantitative estimate of drug-likeness (QED) is 0.577. The smallest absolute Gasteiger partial charge is 0.321 e. The van der Waals surface area contributed by atoms with E-state index in [0.29, 0.717) is 24.1 Å². The largest absolute Gasteiger partial charge is 0.497 e. The van der Waals surface area contributed by atoms with Crippen LogP contribution in [0.4, 0.5) is 15.7 Å². The number of urea groups is 1. The van der Waals surface area contributed by atoms with Crippen LogP contribution in [0.15, 0.2) is 34.9 Å². The van der Waals surface area contributed by atoms with E-state index in [0.717, 1.165) is 40.5 Å². The third kappa shape index (κ3) is 4.40. The molecule has 0 spiro atoms. The number of carbonyl (C=O) groups excluding carboxylic acids is 1. The molecule has 0 saturated carbocycles. The number of methoxy groups -OCH3 is 1. The number of anilines is 2. The number of rotatable bonds is 5. The normalized spacial score (nSPS) is 22.2. The zero-order valence-corrected chi connectivity index (χ0v) is 19.6. The predicted octanol–water partition coefficient (Wildman–Crippen LogP) is 4.23. The van der Waals surface area contributed by atoms with Gasteiger partial charge in [-0.25, -0.2) is 9.78 Å². The number of carbonyl (C=O) groups is 1. The maximum atomic E-state index is 12.3. The van der Waals surface area contributed by atoms with Gasteiger partial charge >= 0.3 is 6.03 Å². The molecule has 2 aromatic heterocycles. The predicted molar refractivity (Wildman–Crippen MR) is 126 cm³/mol. The van der Waals surface area contributed by atoms with Crippen molar-refractivity contribution >= 4 is 28.3 Å². The van der Waals surface area contributed by atoms with Gasteiger partial charge in [-0.1, -0.05) is 28.6 Å². The number of nitrogens with zero attached hydrogens (tertiary/aromatic N) is 3. The molecule has 4 heterocycles. The van der Waals surface area contributed by atoms with Crippen LogP contribution in [-0.2, 0) is 11.2 Å². The third-order valence-electron chi connectivity index (χ3n) is 6.09. The van der Waals surface area contributed by atoms with Crippen molar-refractivity contribution < 1.29 is 18.8 Å². The van der Waals surface area contributed by atoms with Crippen molar-refractivity contribution in [3.8, 4) is 17.1 Å². The van der Waals surface area contributed by atoms with E-state index >= 15 is 0 Å². The molecular formula is C23H27N5O4S. The minimum atomic E-state index is -0.242. The summed E-state index contributed by atoms with van der Waals surface area (Å²) in [5, 5.41) is 10.8. The number of hydrogen-bond acceptors (Lipinski definition) is 8. The van der Waals surface area contributed by atoms with Gasteiger partial charge in [0.05, 0.1) is 36.4 Å². The molecule has 0 unspecified atom stereocenters. The molecule has 3 aromatic rings. The second kappa shape index (κ2) is 9.03. The van der Waals surface area contributed by atoms with E-state index in [1.54, 1.807) is 7.11 Å². The maximum absolute atomic E-state index is 12.3. The monoisotopic (exact) mass is 469 g/mol. The first-order valence-electron chi connectivity index (χ1n) is 11.1. The minimum Gasteiger partial charge on any atom is -0.497 e. The van der Waals surface area contributed by atoms with Gasteiger partial charge in [0.1, 0.15) is 5.75 Å². The average Bonchev–Trinajstić information content (AvgIpc) is 3.55. The lowest BCUT2D eigenvalue weighted by molar-refractivity contribution is 0.189. The van der Waals surface area contributed by atoms with Crippen LogP contribution >= 0.6 is 11.3 Å². The van der Waals surface area contributed by atoms with Gasteiger partial charge in [-0.2, -0.15) is 0 Å². The van der Waals surface area contributed by atoms with Crippen molar-refractivity contribution in [3.05, 3.63) is 40.9 Å². The molecule has 2 amide bonds. The van der Waals surface area contributed by atoms with Gasteiger partial charge in [-0.15, -0.1) is 0 Å². The Balaban J connectivity index is 1.33. The van der Waals surface area contributed by atoms with Crippen LogP contribution in [0, 0.1) is 0 Å². The second-order valence-corrected chi connectivity index (χ2v) is 9.44. The summed E-state index contributed by atoms with van der Waals surface area (Å²) in [4.78, 5) is 20.4. The molecule has 2 aliphatic heterocycles. The first kappa shape index (κ1) is 21.7. The molecule has 2 N–H and O–H groups in total. The number of fused-ring (bicyclic) bond motifs is 1. The van der Waals surface area contributed by atoms with E-state index in [1.807, 2.05) is 30.3 Å². The van der Waals surface area contributed by atoms with E-state index in [1.165, 1.54) is 11.3 Å². The maximum Gasteiger partial charge on any atom is 0.321 e. The molecular weight excluding hydrogens is 442 g/mol. The van der Waals surface area contributed by atoms with Gasteiger partial charge in [0.15, 0.2) is 16.7 Å². The number of nitrogens with one attached hydrogen (secondary N) is 2. The second-order valence-electron chi connectivity index (χ2n) is 8.41. The standard InChI is InChI=1S/C23H27N5O4S/c1-13-9-18-21(33-23(25-18)26-22(29)24-16-7-8-31-12-16)14(2)28(13)20-11-19(32-27-20)15-5-4-6-17(10-15)30-3/h4-6,10-11,13-14,16H,7-9,12H2,1-3H3,(H2,24,25,26,29)/t13-,14+,16-/m1/s1. The van der Waals surface area contributed by atoms with Gasteiger partial charge in [0.25, 0.3) is 0 Å². The number of aromatic nitrogens is 2. The molecule has 1 fully saturated rings.